The minimum Gasteiger partial charge on any atom is -0.504 e. The largest absolute Gasteiger partial charge is 0.504 e. The highest BCUT2D eigenvalue weighted by Crippen LogP contribution is 2.32. The highest BCUT2D eigenvalue weighted by molar-refractivity contribution is 14.1. The first-order valence-corrected chi connectivity index (χ1v) is 7.15. The Morgan fingerprint density at radius 1 is 1.10 bits per heavy atom. The van der Waals surface area contributed by atoms with Crippen molar-refractivity contribution in [1.82, 2.24) is 0 Å². The highest BCUT2D eigenvalue weighted by Gasteiger charge is 2.08. The first-order valence-electron chi connectivity index (χ1n) is 6.07. The Bertz CT molecular complexity index is 584. The fourth-order valence-electron chi connectivity index (χ4n) is 1.80. The molecule has 0 fully saturated rings. The van der Waals surface area contributed by atoms with Crippen molar-refractivity contribution >= 4 is 28.3 Å². The quantitative estimate of drug-likeness (QED) is 0.772. The molecule has 0 aliphatic rings. The van der Waals surface area contributed by atoms with E-state index < -0.39 is 0 Å². The topological polar surface area (TPSA) is 50.7 Å². The summed E-state index contributed by atoms with van der Waals surface area (Å²) in [7, 11) is 3.19. The van der Waals surface area contributed by atoms with Gasteiger partial charge >= 0.3 is 0 Å². The van der Waals surface area contributed by atoms with Crippen LogP contribution in [-0.4, -0.2) is 19.3 Å². The summed E-state index contributed by atoms with van der Waals surface area (Å²) in [5.74, 6) is 1.50. The van der Waals surface area contributed by atoms with Gasteiger partial charge in [0.25, 0.3) is 0 Å². The van der Waals surface area contributed by atoms with Crippen LogP contribution in [0.5, 0.6) is 17.2 Å². The Hall–Kier alpha value is -1.63. The number of aromatic hydroxyl groups is 1. The molecule has 0 amide bonds. The van der Waals surface area contributed by atoms with Gasteiger partial charge in [0.05, 0.1) is 17.8 Å². The Balaban J connectivity index is 2.08. The minimum atomic E-state index is 0.182. The predicted molar refractivity (Wildman–Crippen MR) is 87.7 cm³/mol. The summed E-state index contributed by atoms with van der Waals surface area (Å²) in [5.41, 5.74) is 2.05. The summed E-state index contributed by atoms with van der Waals surface area (Å²) in [6, 6.07) is 11.5. The molecule has 0 aliphatic heterocycles. The van der Waals surface area contributed by atoms with Crippen LogP contribution in [0.3, 0.4) is 0 Å². The molecule has 0 bridgehead atoms. The number of phenols is 1. The van der Waals surface area contributed by atoms with Crippen molar-refractivity contribution in [2.45, 2.75) is 6.54 Å². The van der Waals surface area contributed by atoms with Crippen LogP contribution >= 0.6 is 22.6 Å². The van der Waals surface area contributed by atoms with Gasteiger partial charge in [-0.3, -0.25) is 0 Å². The number of halogens is 1. The molecule has 0 aromatic heterocycles. The first kappa shape index (κ1) is 14.8. The van der Waals surface area contributed by atoms with E-state index in [1.807, 2.05) is 36.4 Å². The molecule has 2 aromatic rings. The number of hydrogen-bond acceptors (Lipinski definition) is 4. The molecular weight excluding hydrogens is 369 g/mol. The van der Waals surface area contributed by atoms with Crippen molar-refractivity contribution in [2.24, 2.45) is 0 Å². The molecule has 0 radical (unpaired) electrons. The maximum absolute atomic E-state index is 9.80. The average Bonchev–Trinajstić information content (AvgIpc) is 2.48. The van der Waals surface area contributed by atoms with E-state index in [2.05, 4.69) is 27.9 Å². The Kier molecular flexibility index (Phi) is 4.94. The van der Waals surface area contributed by atoms with E-state index in [1.165, 1.54) is 0 Å². The summed E-state index contributed by atoms with van der Waals surface area (Å²) in [6.45, 7) is 0.652. The Morgan fingerprint density at radius 2 is 1.80 bits per heavy atom. The van der Waals surface area contributed by atoms with Gasteiger partial charge in [0.1, 0.15) is 5.75 Å². The molecule has 2 N–H and O–H groups in total. The van der Waals surface area contributed by atoms with E-state index in [4.69, 9.17) is 9.47 Å². The average molecular weight is 385 g/mol. The molecule has 0 saturated carbocycles. The standard InChI is InChI=1S/C15H16INO3/c1-19-12-5-3-11(4-6-12)17-9-10-7-13(16)15(18)14(8-10)20-2/h3-8,17-18H,9H2,1-2H3. The van der Waals surface area contributed by atoms with Crippen LogP contribution in [0.2, 0.25) is 0 Å². The van der Waals surface area contributed by atoms with Crippen molar-refractivity contribution in [3.63, 3.8) is 0 Å². The zero-order chi connectivity index (χ0) is 14.5. The second kappa shape index (κ2) is 6.69. The number of ether oxygens (including phenoxy) is 2. The van der Waals surface area contributed by atoms with E-state index in [-0.39, 0.29) is 5.75 Å². The van der Waals surface area contributed by atoms with Crippen LogP contribution in [0.25, 0.3) is 0 Å². The van der Waals surface area contributed by atoms with Crippen molar-refractivity contribution < 1.29 is 14.6 Å². The molecule has 0 heterocycles. The molecule has 0 saturated heterocycles. The van der Waals surface area contributed by atoms with E-state index in [1.54, 1.807) is 14.2 Å². The molecule has 0 atom stereocenters. The zero-order valence-corrected chi connectivity index (χ0v) is 13.5. The van der Waals surface area contributed by atoms with Crippen LogP contribution in [0.1, 0.15) is 5.56 Å². The third-order valence-corrected chi connectivity index (χ3v) is 3.72. The molecule has 20 heavy (non-hydrogen) atoms. The number of phenolic OH excluding ortho intramolecular Hbond substituents is 1. The van der Waals surface area contributed by atoms with Gasteiger partial charge in [-0.1, -0.05) is 0 Å². The van der Waals surface area contributed by atoms with Crippen LogP contribution < -0.4 is 14.8 Å². The van der Waals surface area contributed by atoms with Gasteiger partial charge < -0.3 is 19.9 Å². The van der Waals surface area contributed by atoms with Gasteiger partial charge in [0, 0.05) is 12.2 Å². The molecular formula is C15H16INO3. The van der Waals surface area contributed by atoms with E-state index in [9.17, 15) is 5.11 Å². The molecule has 4 nitrogen and oxygen atoms in total. The monoisotopic (exact) mass is 385 g/mol. The van der Waals surface area contributed by atoms with Crippen molar-refractivity contribution in [2.75, 3.05) is 19.5 Å². The van der Waals surface area contributed by atoms with Gasteiger partial charge in [-0.2, -0.15) is 0 Å². The van der Waals surface area contributed by atoms with Crippen LogP contribution in [0.15, 0.2) is 36.4 Å². The molecule has 2 rings (SSSR count). The number of nitrogens with one attached hydrogen (secondary N) is 1. The molecule has 2 aromatic carbocycles. The van der Waals surface area contributed by atoms with Gasteiger partial charge in [0.15, 0.2) is 11.5 Å². The summed E-state index contributed by atoms with van der Waals surface area (Å²) in [6.07, 6.45) is 0. The second-order valence-corrected chi connectivity index (χ2v) is 5.37. The van der Waals surface area contributed by atoms with Crippen LogP contribution in [0, 0.1) is 3.57 Å². The smallest absolute Gasteiger partial charge is 0.171 e. The SMILES string of the molecule is COc1ccc(NCc2cc(I)c(O)c(OC)c2)cc1. The molecule has 0 unspecified atom stereocenters. The summed E-state index contributed by atoms with van der Waals surface area (Å²) in [5, 5.41) is 13.1. The lowest BCUT2D eigenvalue weighted by Gasteiger charge is -2.11. The lowest BCUT2D eigenvalue weighted by Crippen LogP contribution is -2.00. The summed E-state index contributed by atoms with van der Waals surface area (Å²) < 4.78 is 11.0. The number of methoxy groups -OCH3 is 2. The van der Waals surface area contributed by atoms with E-state index in [0.29, 0.717) is 12.3 Å². The van der Waals surface area contributed by atoms with Gasteiger partial charge in [-0.25, -0.2) is 0 Å². The minimum absolute atomic E-state index is 0.182. The van der Waals surface area contributed by atoms with Crippen LogP contribution in [0.4, 0.5) is 5.69 Å². The number of hydrogen-bond donors (Lipinski definition) is 2. The highest BCUT2D eigenvalue weighted by atomic mass is 127. The van der Waals surface area contributed by atoms with Crippen molar-refractivity contribution in [3.05, 3.63) is 45.5 Å². The Morgan fingerprint density at radius 3 is 2.40 bits per heavy atom. The third-order valence-electron chi connectivity index (χ3n) is 2.89. The van der Waals surface area contributed by atoms with Crippen LogP contribution in [-0.2, 0) is 6.54 Å². The van der Waals surface area contributed by atoms with Crippen molar-refractivity contribution in [3.8, 4) is 17.2 Å². The third kappa shape index (κ3) is 3.47. The normalized spacial score (nSPS) is 10.2. The Labute approximate surface area is 131 Å². The van der Waals surface area contributed by atoms with Crippen molar-refractivity contribution in [1.29, 1.82) is 0 Å². The second-order valence-electron chi connectivity index (χ2n) is 4.21. The fourth-order valence-corrected chi connectivity index (χ4v) is 2.46. The van der Waals surface area contributed by atoms with Gasteiger partial charge in [-0.05, 0) is 64.6 Å². The zero-order valence-electron chi connectivity index (χ0n) is 11.3. The lowest BCUT2D eigenvalue weighted by atomic mass is 10.2. The lowest BCUT2D eigenvalue weighted by molar-refractivity contribution is 0.371. The molecule has 0 spiro atoms. The number of anilines is 1. The van der Waals surface area contributed by atoms with E-state index >= 15 is 0 Å². The maximum Gasteiger partial charge on any atom is 0.171 e. The summed E-state index contributed by atoms with van der Waals surface area (Å²) >= 11 is 2.09. The fraction of sp³-hybridized carbons (Fsp3) is 0.200. The van der Waals surface area contributed by atoms with Gasteiger partial charge in [-0.15, -0.1) is 0 Å². The predicted octanol–water partition coefficient (Wildman–Crippen LogP) is 3.63. The van der Waals surface area contributed by atoms with E-state index in [0.717, 1.165) is 20.6 Å². The molecule has 106 valence electrons. The summed E-state index contributed by atoms with van der Waals surface area (Å²) in [4.78, 5) is 0. The molecule has 0 aliphatic carbocycles. The first-order chi connectivity index (χ1) is 9.63. The number of rotatable bonds is 5. The van der Waals surface area contributed by atoms with Gasteiger partial charge in [0.2, 0.25) is 0 Å². The maximum atomic E-state index is 9.80. The molecule has 5 heteroatoms. The number of benzene rings is 2.